The molecular weight excluding hydrogens is 240 g/mol. The molecule has 2 saturated heterocycles. The van der Waals surface area contributed by atoms with Crippen LogP contribution in [0.25, 0.3) is 0 Å². The number of hydrogen-bond donors (Lipinski definition) is 1. The third-order valence-corrected chi connectivity index (χ3v) is 4.31. The second-order valence-corrected chi connectivity index (χ2v) is 5.56. The summed E-state index contributed by atoms with van der Waals surface area (Å²) in [5, 5.41) is 9.44. The predicted octanol–water partition coefficient (Wildman–Crippen LogP) is 1.42. The number of rotatable bonds is 3. The summed E-state index contributed by atoms with van der Waals surface area (Å²) in [6, 6.07) is 10.3. The van der Waals surface area contributed by atoms with Crippen LogP contribution >= 0.6 is 0 Å². The highest BCUT2D eigenvalue weighted by molar-refractivity contribution is 5.74. The molecule has 2 fully saturated rings. The predicted molar refractivity (Wildman–Crippen MR) is 72.9 cm³/mol. The van der Waals surface area contributed by atoms with Crippen LogP contribution < -0.4 is 0 Å². The molecule has 0 saturated carbocycles. The van der Waals surface area contributed by atoms with Gasteiger partial charge in [-0.1, -0.05) is 30.3 Å². The Hall–Kier alpha value is -1.39. The van der Waals surface area contributed by atoms with Crippen molar-refractivity contribution in [2.75, 3.05) is 19.6 Å². The van der Waals surface area contributed by atoms with Gasteiger partial charge < -0.3 is 5.11 Å². The first-order valence-corrected chi connectivity index (χ1v) is 6.99. The van der Waals surface area contributed by atoms with Gasteiger partial charge in [-0.15, -0.1) is 0 Å². The second kappa shape index (κ2) is 5.31. The van der Waals surface area contributed by atoms with Gasteiger partial charge >= 0.3 is 5.97 Å². The molecule has 0 aromatic heterocycles. The number of carboxylic acid groups (broad SMARTS) is 1. The number of carboxylic acids is 1. The van der Waals surface area contributed by atoms with E-state index in [4.69, 9.17) is 0 Å². The van der Waals surface area contributed by atoms with Gasteiger partial charge in [0.2, 0.25) is 0 Å². The lowest BCUT2D eigenvalue weighted by atomic mass is 10.1. The van der Waals surface area contributed by atoms with Gasteiger partial charge in [-0.3, -0.25) is 14.6 Å². The summed E-state index contributed by atoms with van der Waals surface area (Å²) < 4.78 is 0. The van der Waals surface area contributed by atoms with Crippen molar-refractivity contribution in [3.05, 3.63) is 35.9 Å². The molecule has 0 unspecified atom stereocenters. The maximum absolute atomic E-state index is 11.5. The van der Waals surface area contributed by atoms with Crippen molar-refractivity contribution >= 4 is 5.97 Å². The van der Waals surface area contributed by atoms with Crippen LogP contribution in [-0.2, 0) is 11.3 Å². The fourth-order valence-corrected chi connectivity index (χ4v) is 3.30. The first-order valence-electron chi connectivity index (χ1n) is 6.99. The number of fused-ring (bicyclic) bond motifs is 1. The zero-order valence-corrected chi connectivity index (χ0v) is 11.0. The number of hydrogen-bond acceptors (Lipinski definition) is 3. The molecule has 1 N–H and O–H groups in total. The Morgan fingerprint density at radius 1 is 1.26 bits per heavy atom. The van der Waals surface area contributed by atoms with Crippen LogP contribution in [0.5, 0.6) is 0 Å². The van der Waals surface area contributed by atoms with E-state index in [0.29, 0.717) is 12.6 Å². The summed E-state index contributed by atoms with van der Waals surface area (Å²) in [4.78, 5) is 16.0. The van der Waals surface area contributed by atoms with Crippen LogP contribution in [0.2, 0.25) is 0 Å². The van der Waals surface area contributed by atoms with Crippen molar-refractivity contribution in [1.82, 2.24) is 9.80 Å². The molecule has 0 aliphatic carbocycles. The topological polar surface area (TPSA) is 43.8 Å². The average molecular weight is 260 g/mol. The standard InChI is InChI=1S/C15H20N2O2/c18-15(19)14-11-16-8-4-7-13(16)10-17(14)9-12-5-2-1-3-6-12/h1-3,5-6,13-14H,4,7-11H2,(H,18,19)/t13-,14+/m1/s1. The normalized spacial score (nSPS) is 28.2. The molecule has 3 rings (SSSR count). The van der Waals surface area contributed by atoms with E-state index in [1.165, 1.54) is 18.4 Å². The molecule has 0 spiro atoms. The molecule has 4 heteroatoms. The molecule has 2 atom stereocenters. The first kappa shape index (κ1) is 12.6. The van der Waals surface area contributed by atoms with Crippen LogP contribution in [0, 0.1) is 0 Å². The van der Waals surface area contributed by atoms with E-state index < -0.39 is 5.97 Å². The van der Waals surface area contributed by atoms with Gasteiger partial charge in [0, 0.05) is 25.7 Å². The molecule has 1 aromatic rings. The Balaban J connectivity index is 1.75. The maximum Gasteiger partial charge on any atom is 0.322 e. The number of benzene rings is 1. The summed E-state index contributed by atoms with van der Waals surface area (Å²) in [6.07, 6.45) is 2.41. The summed E-state index contributed by atoms with van der Waals surface area (Å²) in [6.45, 7) is 3.36. The van der Waals surface area contributed by atoms with Crippen LogP contribution in [0.15, 0.2) is 30.3 Å². The van der Waals surface area contributed by atoms with Gasteiger partial charge in [0.25, 0.3) is 0 Å². The van der Waals surface area contributed by atoms with Crippen molar-refractivity contribution < 1.29 is 9.90 Å². The van der Waals surface area contributed by atoms with Crippen LogP contribution in [0.1, 0.15) is 18.4 Å². The van der Waals surface area contributed by atoms with Crippen molar-refractivity contribution in [2.45, 2.75) is 31.5 Å². The van der Waals surface area contributed by atoms with E-state index in [2.05, 4.69) is 21.9 Å². The van der Waals surface area contributed by atoms with Gasteiger partial charge in [-0.2, -0.15) is 0 Å². The molecule has 1 aromatic carbocycles. The zero-order valence-electron chi connectivity index (χ0n) is 11.0. The molecular formula is C15H20N2O2. The van der Waals surface area contributed by atoms with E-state index in [0.717, 1.165) is 19.6 Å². The summed E-state index contributed by atoms with van der Waals surface area (Å²) in [5.74, 6) is -0.693. The van der Waals surface area contributed by atoms with E-state index >= 15 is 0 Å². The summed E-state index contributed by atoms with van der Waals surface area (Å²) in [5.41, 5.74) is 1.19. The minimum atomic E-state index is -0.693. The molecule has 0 amide bonds. The quantitative estimate of drug-likeness (QED) is 0.892. The largest absolute Gasteiger partial charge is 0.480 e. The summed E-state index contributed by atoms with van der Waals surface area (Å²) in [7, 11) is 0. The highest BCUT2D eigenvalue weighted by Gasteiger charge is 2.39. The van der Waals surface area contributed by atoms with Gasteiger partial charge in [0.1, 0.15) is 6.04 Å². The zero-order chi connectivity index (χ0) is 13.2. The Bertz CT molecular complexity index is 449. The number of piperazine rings is 1. The maximum atomic E-state index is 11.5. The van der Waals surface area contributed by atoms with Gasteiger partial charge in [0.05, 0.1) is 0 Å². The molecule has 4 nitrogen and oxygen atoms in total. The Morgan fingerprint density at radius 3 is 2.79 bits per heavy atom. The van der Waals surface area contributed by atoms with Crippen LogP contribution in [0.3, 0.4) is 0 Å². The fourth-order valence-electron chi connectivity index (χ4n) is 3.30. The van der Waals surface area contributed by atoms with Crippen LogP contribution in [0.4, 0.5) is 0 Å². The monoisotopic (exact) mass is 260 g/mol. The van der Waals surface area contributed by atoms with Crippen molar-refractivity contribution in [1.29, 1.82) is 0 Å². The van der Waals surface area contributed by atoms with E-state index in [-0.39, 0.29) is 6.04 Å². The molecule has 0 radical (unpaired) electrons. The number of carbonyl (C=O) groups is 1. The minimum absolute atomic E-state index is 0.366. The highest BCUT2D eigenvalue weighted by atomic mass is 16.4. The van der Waals surface area contributed by atoms with Crippen molar-refractivity contribution in [3.8, 4) is 0 Å². The first-order chi connectivity index (χ1) is 9.24. The van der Waals surface area contributed by atoms with Gasteiger partial charge in [-0.05, 0) is 24.9 Å². The van der Waals surface area contributed by atoms with E-state index in [1.807, 2.05) is 18.2 Å². The van der Waals surface area contributed by atoms with Gasteiger partial charge in [0.15, 0.2) is 0 Å². The Labute approximate surface area is 113 Å². The van der Waals surface area contributed by atoms with Crippen LogP contribution in [-0.4, -0.2) is 52.6 Å². The lowest BCUT2D eigenvalue weighted by molar-refractivity contribution is -0.146. The minimum Gasteiger partial charge on any atom is -0.480 e. The average Bonchev–Trinajstić information content (AvgIpc) is 2.86. The smallest absolute Gasteiger partial charge is 0.322 e. The SMILES string of the molecule is O=C(O)[C@@H]1CN2CCC[C@@H]2CN1Cc1ccccc1. The molecule has 2 aliphatic heterocycles. The third-order valence-electron chi connectivity index (χ3n) is 4.31. The third kappa shape index (κ3) is 2.65. The number of nitrogens with zero attached hydrogens (tertiary/aromatic N) is 2. The Morgan fingerprint density at radius 2 is 2.05 bits per heavy atom. The molecule has 19 heavy (non-hydrogen) atoms. The summed E-state index contributed by atoms with van der Waals surface area (Å²) >= 11 is 0. The molecule has 2 aliphatic rings. The highest BCUT2D eigenvalue weighted by Crippen LogP contribution is 2.25. The van der Waals surface area contributed by atoms with E-state index in [9.17, 15) is 9.90 Å². The molecule has 102 valence electrons. The lowest BCUT2D eigenvalue weighted by Gasteiger charge is -2.41. The Kier molecular flexibility index (Phi) is 3.53. The number of aliphatic carboxylic acids is 1. The van der Waals surface area contributed by atoms with Crippen molar-refractivity contribution in [3.63, 3.8) is 0 Å². The van der Waals surface area contributed by atoms with Gasteiger partial charge in [-0.25, -0.2) is 0 Å². The molecule has 0 bridgehead atoms. The van der Waals surface area contributed by atoms with Crippen molar-refractivity contribution in [2.24, 2.45) is 0 Å². The van der Waals surface area contributed by atoms with E-state index in [1.54, 1.807) is 0 Å². The second-order valence-electron chi connectivity index (χ2n) is 5.56. The molecule has 2 heterocycles. The fraction of sp³-hybridized carbons (Fsp3) is 0.533. The lowest BCUT2D eigenvalue weighted by Crippen LogP contribution is -2.58.